The van der Waals surface area contributed by atoms with Crippen molar-refractivity contribution in [2.45, 2.75) is 0 Å². The Hall–Kier alpha value is -4.97. The molecule has 0 bridgehead atoms. The molecule has 6 nitrogen and oxygen atoms in total. The Balaban J connectivity index is 1.50. The fraction of sp³-hybridized carbons (Fsp3) is 0. The summed E-state index contributed by atoms with van der Waals surface area (Å²) in [6.45, 7) is 0. The smallest absolute Gasteiger partial charge is 0.279 e. The molecule has 164 valence electrons. The van der Waals surface area contributed by atoms with Gasteiger partial charge >= 0.3 is 0 Å². The van der Waals surface area contributed by atoms with Crippen LogP contribution in [0.1, 0.15) is 26.3 Å². The van der Waals surface area contributed by atoms with Crippen molar-refractivity contribution in [1.82, 2.24) is 19.7 Å². The van der Waals surface area contributed by atoms with E-state index in [1.54, 1.807) is 36.7 Å². The average Bonchev–Trinajstić information content (AvgIpc) is 3.32. The lowest BCUT2D eigenvalue weighted by Gasteiger charge is -2.13. The Morgan fingerprint density at radius 3 is 2.46 bits per heavy atom. The first-order valence-corrected chi connectivity index (χ1v) is 11.2. The summed E-state index contributed by atoms with van der Waals surface area (Å²) in [4.78, 5) is 36.2. The van der Waals surface area contributed by atoms with Crippen molar-refractivity contribution in [3.05, 3.63) is 114 Å². The van der Waals surface area contributed by atoms with Crippen molar-refractivity contribution in [2.75, 3.05) is 0 Å². The van der Waals surface area contributed by atoms with Crippen LogP contribution in [0.4, 0.5) is 0 Å². The molecule has 1 aliphatic carbocycles. The molecule has 0 aliphatic heterocycles. The van der Waals surface area contributed by atoms with Crippen molar-refractivity contribution in [2.24, 2.45) is 0 Å². The fourth-order valence-corrected chi connectivity index (χ4v) is 4.86. The molecule has 0 N–H and O–H groups in total. The summed E-state index contributed by atoms with van der Waals surface area (Å²) in [7, 11) is 0. The van der Waals surface area contributed by atoms with Crippen LogP contribution < -0.4 is 0 Å². The Kier molecular flexibility index (Phi) is 4.05. The van der Waals surface area contributed by atoms with E-state index in [-0.39, 0.29) is 11.7 Å². The number of carbonyl (C=O) groups excluding carboxylic acids is 2. The number of aromatic nitrogens is 4. The van der Waals surface area contributed by atoms with Crippen molar-refractivity contribution >= 4 is 33.5 Å². The van der Waals surface area contributed by atoms with Crippen molar-refractivity contribution in [1.29, 1.82) is 0 Å². The molecular weight excluding hydrogens is 436 g/mol. The van der Waals surface area contributed by atoms with Gasteiger partial charge in [-0.2, -0.15) is 9.78 Å². The number of pyridine rings is 2. The third-order valence-corrected chi connectivity index (χ3v) is 6.48. The first kappa shape index (κ1) is 19.5. The van der Waals surface area contributed by atoms with E-state index in [4.69, 9.17) is 10.1 Å². The minimum absolute atomic E-state index is 0.0566. The molecule has 7 rings (SSSR count). The molecule has 0 atom stereocenters. The van der Waals surface area contributed by atoms with E-state index in [1.165, 1.54) is 4.68 Å². The number of ketones is 1. The summed E-state index contributed by atoms with van der Waals surface area (Å²) >= 11 is 0. The van der Waals surface area contributed by atoms with E-state index in [0.717, 1.165) is 16.5 Å². The van der Waals surface area contributed by atoms with Crippen molar-refractivity contribution < 1.29 is 9.59 Å². The van der Waals surface area contributed by atoms with Crippen LogP contribution in [0, 0.1) is 0 Å². The molecular formula is C29H16N4O2. The Labute approximate surface area is 199 Å². The Morgan fingerprint density at radius 2 is 1.60 bits per heavy atom. The molecule has 3 aromatic carbocycles. The van der Waals surface area contributed by atoms with Crippen LogP contribution in [-0.2, 0) is 0 Å². The lowest BCUT2D eigenvalue weighted by atomic mass is 9.87. The number of carbonyl (C=O) groups is 2. The molecule has 0 unspecified atom stereocenters. The van der Waals surface area contributed by atoms with Gasteiger partial charge in [-0.15, -0.1) is 0 Å². The third-order valence-electron chi connectivity index (χ3n) is 6.48. The van der Waals surface area contributed by atoms with Crippen LogP contribution in [-0.4, -0.2) is 31.4 Å². The summed E-state index contributed by atoms with van der Waals surface area (Å²) in [6.07, 6.45) is 3.43. The molecule has 6 heteroatoms. The number of para-hydroxylation sites is 1. The number of benzene rings is 3. The predicted octanol–water partition coefficient (Wildman–Crippen LogP) is 5.55. The maximum atomic E-state index is 14.1. The topological polar surface area (TPSA) is 77.7 Å². The van der Waals surface area contributed by atoms with Gasteiger partial charge in [-0.1, -0.05) is 54.6 Å². The molecule has 3 aromatic heterocycles. The highest BCUT2D eigenvalue weighted by Crippen LogP contribution is 2.39. The molecule has 1 aliphatic rings. The van der Waals surface area contributed by atoms with Crippen LogP contribution in [0.25, 0.3) is 44.3 Å². The van der Waals surface area contributed by atoms with E-state index < -0.39 is 0 Å². The van der Waals surface area contributed by atoms with Gasteiger partial charge in [0.2, 0.25) is 0 Å². The second-order valence-corrected chi connectivity index (χ2v) is 8.45. The molecule has 0 saturated carbocycles. The zero-order chi connectivity index (χ0) is 23.5. The zero-order valence-electron chi connectivity index (χ0n) is 18.3. The molecule has 0 radical (unpaired) electrons. The van der Waals surface area contributed by atoms with Crippen LogP contribution in [0.15, 0.2) is 97.3 Å². The summed E-state index contributed by atoms with van der Waals surface area (Å²) in [5.74, 6) is -0.340. The van der Waals surface area contributed by atoms with Gasteiger partial charge in [0.1, 0.15) is 5.69 Å². The van der Waals surface area contributed by atoms with Crippen LogP contribution in [0.5, 0.6) is 0 Å². The lowest BCUT2D eigenvalue weighted by molar-refractivity contribution is 0.0951. The number of nitrogens with zero attached hydrogens (tertiary/aromatic N) is 4. The summed E-state index contributed by atoms with van der Waals surface area (Å²) in [6, 6.07) is 25.9. The first-order chi connectivity index (χ1) is 17.2. The molecule has 35 heavy (non-hydrogen) atoms. The first-order valence-electron chi connectivity index (χ1n) is 11.2. The zero-order valence-corrected chi connectivity index (χ0v) is 18.3. The lowest BCUT2D eigenvalue weighted by Crippen LogP contribution is -2.14. The van der Waals surface area contributed by atoms with Crippen LogP contribution in [0.2, 0.25) is 0 Å². The third kappa shape index (κ3) is 2.80. The van der Waals surface area contributed by atoms with Crippen molar-refractivity contribution in [3.8, 4) is 22.5 Å². The van der Waals surface area contributed by atoms with Gasteiger partial charge in [0.15, 0.2) is 5.78 Å². The molecule has 3 heterocycles. The molecule has 0 amide bonds. The van der Waals surface area contributed by atoms with E-state index in [2.05, 4.69) is 4.98 Å². The van der Waals surface area contributed by atoms with Gasteiger partial charge in [-0.05, 0) is 30.3 Å². The van der Waals surface area contributed by atoms with Gasteiger partial charge in [-0.25, -0.2) is 4.98 Å². The molecule has 0 fully saturated rings. The number of rotatable bonds is 2. The molecule has 0 saturated heterocycles. The second-order valence-electron chi connectivity index (χ2n) is 8.45. The largest absolute Gasteiger partial charge is 0.289 e. The van der Waals surface area contributed by atoms with Gasteiger partial charge in [0, 0.05) is 45.4 Å². The van der Waals surface area contributed by atoms with E-state index >= 15 is 0 Å². The van der Waals surface area contributed by atoms with Gasteiger partial charge < -0.3 is 0 Å². The highest BCUT2D eigenvalue weighted by Gasteiger charge is 2.30. The van der Waals surface area contributed by atoms with E-state index in [9.17, 15) is 9.59 Å². The van der Waals surface area contributed by atoms with Crippen LogP contribution >= 0.6 is 0 Å². The highest BCUT2D eigenvalue weighted by atomic mass is 16.2. The number of fused-ring (bicyclic) bond motifs is 3. The standard InChI is InChI=1S/C29H16N4O2/c34-28-20-10-2-1-9-19(20)27-26-21(28)11-5-13-25(26)33(32-27)29(35)22-15-24(17-7-6-14-30-16-17)31-23-12-4-3-8-18(22)23/h1-16H. The van der Waals surface area contributed by atoms with Crippen molar-refractivity contribution in [3.63, 3.8) is 0 Å². The minimum atomic E-state index is -0.283. The van der Waals surface area contributed by atoms with E-state index in [0.29, 0.717) is 44.5 Å². The monoisotopic (exact) mass is 452 g/mol. The Bertz CT molecular complexity index is 1840. The summed E-state index contributed by atoms with van der Waals surface area (Å²) in [5, 5.41) is 6.20. The van der Waals surface area contributed by atoms with Gasteiger partial charge in [-0.3, -0.25) is 14.6 Å². The van der Waals surface area contributed by atoms with Gasteiger partial charge in [0.25, 0.3) is 5.91 Å². The quantitative estimate of drug-likeness (QED) is 0.344. The predicted molar refractivity (Wildman–Crippen MR) is 133 cm³/mol. The SMILES string of the molecule is O=C1c2ccccc2-c2nn(C(=O)c3cc(-c4cccnc4)nc4ccccc34)c3cccc1c23. The van der Waals surface area contributed by atoms with Gasteiger partial charge in [0.05, 0.1) is 22.3 Å². The minimum Gasteiger partial charge on any atom is -0.289 e. The maximum absolute atomic E-state index is 14.1. The fourth-order valence-electron chi connectivity index (χ4n) is 4.86. The van der Waals surface area contributed by atoms with Crippen LogP contribution in [0.3, 0.4) is 0 Å². The highest BCUT2D eigenvalue weighted by molar-refractivity contribution is 6.26. The molecule has 6 aromatic rings. The normalized spacial score (nSPS) is 12.2. The molecule has 0 spiro atoms. The Morgan fingerprint density at radius 1 is 0.800 bits per heavy atom. The second kappa shape index (κ2) is 7.27. The average molecular weight is 452 g/mol. The summed E-state index contributed by atoms with van der Waals surface area (Å²) < 4.78 is 1.42. The number of hydrogen-bond acceptors (Lipinski definition) is 5. The summed E-state index contributed by atoms with van der Waals surface area (Å²) in [5.41, 5.74) is 5.81. The maximum Gasteiger partial charge on any atom is 0.279 e. The number of hydrogen-bond donors (Lipinski definition) is 0. The van der Waals surface area contributed by atoms with E-state index in [1.807, 2.05) is 60.7 Å².